The van der Waals surface area contributed by atoms with Crippen molar-refractivity contribution in [3.05, 3.63) is 46.0 Å². The molecule has 0 bridgehead atoms. The van der Waals surface area contributed by atoms with Crippen molar-refractivity contribution in [2.45, 2.75) is 6.54 Å². The van der Waals surface area contributed by atoms with Crippen LogP contribution in [0.4, 0.5) is 5.13 Å². The van der Waals surface area contributed by atoms with E-state index in [0.717, 1.165) is 21.0 Å². The molecule has 0 saturated heterocycles. The fourth-order valence-corrected chi connectivity index (χ4v) is 2.72. The Hall–Kier alpha value is -1.79. The Kier molecular flexibility index (Phi) is 3.04. The zero-order valence-electron chi connectivity index (χ0n) is 9.38. The average Bonchev–Trinajstić information content (AvgIpc) is 2.86. The van der Waals surface area contributed by atoms with Gasteiger partial charge in [0.1, 0.15) is 9.34 Å². The quantitative estimate of drug-likeness (QED) is 0.719. The van der Waals surface area contributed by atoms with Gasteiger partial charge in [0.25, 0.3) is 0 Å². The summed E-state index contributed by atoms with van der Waals surface area (Å²) in [5, 5.41) is 4.07. The summed E-state index contributed by atoms with van der Waals surface area (Å²) < 4.78 is 0.771. The molecule has 2 N–H and O–H groups in total. The molecule has 18 heavy (non-hydrogen) atoms. The summed E-state index contributed by atoms with van der Waals surface area (Å²) >= 11 is 6.75. The van der Waals surface area contributed by atoms with Crippen LogP contribution >= 0.6 is 23.6 Å². The minimum absolute atomic E-state index is 0.661. The second-order valence-electron chi connectivity index (χ2n) is 3.75. The minimum Gasteiger partial charge on any atom is -0.357 e. The van der Waals surface area contributed by atoms with Gasteiger partial charge in [-0.3, -0.25) is 0 Å². The van der Waals surface area contributed by atoms with Crippen LogP contribution in [0, 0.1) is 3.82 Å². The number of hydrogen-bond acceptors (Lipinski definition) is 5. The number of nitrogens with one attached hydrogen (secondary N) is 2. The molecule has 0 saturated carbocycles. The van der Waals surface area contributed by atoms with Gasteiger partial charge in [0, 0.05) is 6.54 Å². The summed E-state index contributed by atoms with van der Waals surface area (Å²) in [4.78, 5) is 11.5. The lowest BCUT2D eigenvalue weighted by atomic mass is 10.2. The number of benzene rings is 1. The van der Waals surface area contributed by atoms with Crippen LogP contribution in [0.3, 0.4) is 0 Å². The van der Waals surface area contributed by atoms with Gasteiger partial charge >= 0.3 is 0 Å². The van der Waals surface area contributed by atoms with E-state index in [1.807, 2.05) is 18.2 Å². The van der Waals surface area contributed by atoms with Crippen molar-refractivity contribution in [1.82, 2.24) is 15.0 Å². The van der Waals surface area contributed by atoms with Crippen LogP contribution in [0.1, 0.15) is 5.56 Å². The molecule has 0 aliphatic heterocycles. The molecule has 0 fully saturated rings. The summed E-state index contributed by atoms with van der Waals surface area (Å²) in [5.74, 6) is 0. The SMILES string of the molecule is S=c1sc(NCc2ccccc2)nc2nc[nH]c12. The molecule has 0 aliphatic rings. The largest absolute Gasteiger partial charge is 0.357 e. The number of aromatic nitrogens is 3. The van der Waals surface area contributed by atoms with E-state index in [1.54, 1.807) is 6.33 Å². The highest BCUT2D eigenvalue weighted by Crippen LogP contribution is 2.20. The van der Waals surface area contributed by atoms with Crippen molar-refractivity contribution in [2.24, 2.45) is 0 Å². The van der Waals surface area contributed by atoms with E-state index in [9.17, 15) is 0 Å². The molecule has 0 atom stereocenters. The summed E-state index contributed by atoms with van der Waals surface area (Å²) in [6.07, 6.45) is 1.61. The smallest absolute Gasteiger partial charge is 0.186 e. The zero-order valence-corrected chi connectivity index (χ0v) is 11.0. The molecule has 0 aliphatic carbocycles. The van der Waals surface area contributed by atoms with Crippen molar-refractivity contribution in [1.29, 1.82) is 0 Å². The van der Waals surface area contributed by atoms with Crippen molar-refractivity contribution >= 4 is 39.9 Å². The van der Waals surface area contributed by atoms with E-state index in [0.29, 0.717) is 5.65 Å². The highest BCUT2D eigenvalue weighted by molar-refractivity contribution is 7.74. The summed E-state index contributed by atoms with van der Waals surface area (Å²) in [7, 11) is 0. The summed E-state index contributed by atoms with van der Waals surface area (Å²) in [5.41, 5.74) is 2.70. The van der Waals surface area contributed by atoms with Crippen LogP contribution < -0.4 is 5.32 Å². The molecule has 2 aromatic heterocycles. The maximum absolute atomic E-state index is 5.29. The third-order valence-corrected chi connectivity index (χ3v) is 3.78. The first-order chi connectivity index (χ1) is 8.83. The second kappa shape index (κ2) is 4.83. The number of anilines is 1. The van der Waals surface area contributed by atoms with Gasteiger partial charge in [0.2, 0.25) is 0 Å². The normalized spacial score (nSPS) is 10.7. The lowest BCUT2D eigenvalue weighted by Crippen LogP contribution is -1.99. The molecule has 0 unspecified atom stereocenters. The molecule has 2 heterocycles. The Balaban J connectivity index is 1.85. The van der Waals surface area contributed by atoms with E-state index in [2.05, 4.69) is 32.4 Å². The molecular formula is C12H10N4S2. The number of imidazole rings is 1. The van der Waals surface area contributed by atoms with Gasteiger partial charge in [-0.25, -0.2) is 4.98 Å². The molecule has 3 rings (SSSR count). The number of H-pyrrole nitrogens is 1. The minimum atomic E-state index is 0.661. The number of rotatable bonds is 3. The first-order valence-electron chi connectivity index (χ1n) is 5.45. The van der Waals surface area contributed by atoms with E-state index in [4.69, 9.17) is 12.2 Å². The van der Waals surface area contributed by atoms with Gasteiger partial charge in [-0.15, -0.1) is 0 Å². The molecule has 0 radical (unpaired) electrons. The van der Waals surface area contributed by atoms with E-state index < -0.39 is 0 Å². The number of nitrogens with zero attached hydrogens (tertiary/aromatic N) is 2. The third-order valence-electron chi connectivity index (χ3n) is 2.51. The van der Waals surface area contributed by atoms with Gasteiger partial charge in [0.15, 0.2) is 10.8 Å². The molecule has 3 aromatic rings. The Morgan fingerprint density at radius 3 is 2.94 bits per heavy atom. The Morgan fingerprint density at radius 2 is 2.11 bits per heavy atom. The lowest BCUT2D eigenvalue weighted by Gasteiger charge is -2.04. The molecular weight excluding hydrogens is 264 g/mol. The monoisotopic (exact) mass is 274 g/mol. The standard InChI is InChI=1S/C12H10N4S2/c17-11-9-10(15-7-14-9)16-12(18-11)13-6-8-4-2-1-3-5-8/h1-5,7H,6H2,(H,13,16)(H,14,15). The Morgan fingerprint density at radius 1 is 1.28 bits per heavy atom. The van der Waals surface area contributed by atoms with E-state index in [-0.39, 0.29) is 0 Å². The summed E-state index contributed by atoms with van der Waals surface area (Å²) in [6.45, 7) is 0.731. The van der Waals surface area contributed by atoms with Crippen molar-refractivity contribution in [3.8, 4) is 0 Å². The average molecular weight is 274 g/mol. The first-order valence-corrected chi connectivity index (χ1v) is 6.67. The fraction of sp³-hybridized carbons (Fsp3) is 0.0833. The van der Waals surface area contributed by atoms with Gasteiger partial charge in [-0.1, -0.05) is 53.9 Å². The van der Waals surface area contributed by atoms with Gasteiger partial charge < -0.3 is 10.3 Å². The van der Waals surface area contributed by atoms with Crippen molar-refractivity contribution in [3.63, 3.8) is 0 Å². The fourth-order valence-electron chi connectivity index (χ4n) is 1.63. The first kappa shape index (κ1) is 11.3. The topological polar surface area (TPSA) is 53.6 Å². The van der Waals surface area contributed by atoms with Crippen LogP contribution in [0.25, 0.3) is 11.2 Å². The molecule has 4 nitrogen and oxygen atoms in total. The van der Waals surface area contributed by atoms with Crippen molar-refractivity contribution < 1.29 is 0 Å². The molecule has 6 heteroatoms. The van der Waals surface area contributed by atoms with Crippen LogP contribution in [0.15, 0.2) is 36.7 Å². The van der Waals surface area contributed by atoms with Gasteiger partial charge in [0.05, 0.1) is 6.33 Å². The van der Waals surface area contributed by atoms with Crippen LogP contribution in [-0.2, 0) is 6.54 Å². The molecule has 90 valence electrons. The Bertz CT molecular complexity index is 718. The third kappa shape index (κ3) is 2.25. The maximum Gasteiger partial charge on any atom is 0.186 e. The molecule has 1 aromatic carbocycles. The maximum atomic E-state index is 5.29. The second-order valence-corrected chi connectivity index (χ2v) is 5.41. The van der Waals surface area contributed by atoms with Crippen LogP contribution in [0.2, 0.25) is 0 Å². The predicted molar refractivity (Wildman–Crippen MR) is 76.4 cm³/mol. The number of fused-ring (bicyclic) bond motifs is 1. The Labute approximate surface area is 113 Å². The van der Waals surface area contributed by atoms with Gasteiger partial charge in [-0.2, -0.15) is 4.98 Å². The van der Waals surface area contributed by atoms with E-state index >= 15 is 0 Å². The zero-order chi connectivity index (χ0) is 12.4. The highest BCUT2D eigenvalue weighted by Gasteiger charge is 2.03. The van der Waals surface area contributed by atoms with Gasteiger partial charge in [-0.05, 0) is 5.56 Å². The lowest BCUT2D eigenvalue weighted by molar-refractivity contribution is 1.13. The molecule has 0 spiro atoms. The predicted octanol–water partition coefficient (Wildman–Crippen LogP) is 3.36. The van der Waals surface area contributed by atoms with Crippen LogP contribution in [-0.4, -0.2) is 15.0 Å². The van der Waals surface area contributed by atoms with Crippen LogP contribution in [0.5, 0.6) is 0 Å². The van der Waals surface area contributed by atoms with Crippen molar-refractivity contribution in [2.75, 3.05) is 5.32 Å². The number of hydrogen-bond donors (Lipinski definition) is 2. The highest BCUT2D eigenvalue weighted by atomic mass is 32.1. The molecule has 0 amide bonds. The summed E-state index contributed by atoms with van der Waals surface area (Å²) in [6, 6.07) is 10.2. The van der Waals surface area contributed by atoms with E-state index in [1.165, 1.54) is 16.9 Å². The number of aromatic amines is 1.